The second-order valence-corrected chi connectivity index (χ2v) is 8.56. The number of nitrogens with zero attached hydrogens (tertiary/aromatic N) is 3. The minimum absolute atomic E-state index is 0. The number of halogens is 1. The van der Waals surface area contributed by atoms with Crippen LogP contribution in [0.5, 0.6) is 0 Å². The number of hydrogen-bond donors (Lipinski definition) is 0. The van der Waals surface area contributed by atoms with Crippen LogP contribution in [-0.4, -0.2) is 15.3 Å². The number of rotatable bonds is 1. The van der Waals surface area contributed by atoms with Gasteiger partial charge in [0.2, 0.25) is 0 Å². The molecule has 7 heteroatoms. The summed E-state index contributed by atoms with van der Waals surface area (Å²) in [5, 5.41) is 10.3. The number of hydrogen-bond acceptors (Lipinski definition) is 4. The van der Waals surface area contributed by atoms with Crippen LogP contribution in [0.2, 0.25) is 0 Å². The van der Waals surface area contributed by atoms with Gasteiger partial charge in [-0.05, 0) is 18.1 Å². The molecule has 3 rings (SSSR count). The van der Waals surface area contributed by atoms with Crippen molar-refractivity contribution < 1.29 is 4.39 Å². The zero-order valence-electron chi connectivity index (χ0n) is 15.3. The fourth-order valence-electron chi connectivity index (χ4n) is 2.98. The lowest BCUT2D eigenvalue weighted by Gasteiger charge is -2.24. The number of fused-ring (bicyclic) bond motifs is 1. The Bertz CT molecular complexity index is 942. The molecule has 0 radical (unpaired) electrons. The maximum Gasteiger partial charge on any atom is 0.269 e. The van der Waals surface area contributed by atoms with E-state index < -0.39 is 11.2 Å². The summed E-state index contributed by atoms with van der Waals surface area (Å²) in [5.41, 5.74) is 0.599. The smallest absolute Gasteiger partial charge is 0.269 e. The summed E-state index contributed by atoms with van der Waals surface area (Å²) in [5.74, 6) is 0.867. The van der Waals surface area contributed by atoms with Gasteiger partial charge in [-0.2, -0.15) is 18.8 Å². The van der Waals surface area contributed by atoms with E-state index in [9.17, 15) is 14.4 Å². The highest BCUT2D eigenvalue weighted by Crippen LogP contribution is 2.33. The number of thioether (sulfide) groups is 1. The van der Waals surface area contributed by atoms with Crippen LogP contribution < -0.4 is 5.56 Å². The predicted molar refractivity (Wildman–Crippen MR) is 108 cm³/mol. The zero-order valence-corrected chi connectivity index (χ0v) is 17.1. The predicted octanol–water partition coefficient (Wildman–Crippen LogP) is 4.07. The van der Waals surface area contributed by atoms with Crippen molar-refractivity contribution in [2.75, 3.05) is 5.75 Å². The topological polar surface area (TPSA) is 58.7 Å². The van der Waals surface area contributed by atoms with Gasteiger partial charge in [0.25, 0.3) is 5.56 Å². The molecule has 0 unspecified atom stereocenters. The third-order valence-corrected chi connectivity index (χ3v) is 5.62. The summed E-state index contributed by atoms with van der Waals surface area (Å²) in [6.45, 7) is 8.35. The van der Waals surface area contributed by atoms with E-state index in [1.807, 2.05) is 32.9 Å². The number of pyridine rings is 2. The molecule has 0 N–H and O–H groups in total. The Labute approximate surface area is 163 Å². The van der Waals surface area contributed by atoms with Crippen molar-refractivity contribution in [3.63, 3.8) is 0 Å². The van der Waals surface area contributed by atoms with Gasteiger partial charge in [-0.3, -0.25) is 9.78 Å². The first-order chi connectivity index (χ1) is 11.7. The van der Waals surface area contributed by atoms with Crippen molar-refractivity contribution in [2.45, 2.75) is 44.7 Å². The first kappa shape index (κ1) is 20.5. The first-order valence-corrected chi connectivity index (χ1v) is 9.18. The molecule has 2 aromatic heterocycles. The standard InChI is InChI=1S/C19H20FN3OS.H2S/c1-11-9-23-16(25-10-11)6-13(14(7-21)18(23)24)12-5-15(20)17(22-8-12)19(2,3)4;/h5-6,8,11H,9-10H2,1-4H3;1H2/t11-;/m0./s1. The van der Waals surface area contributed by atoms with Gasteiger partial charge in [0, 0.05) is 35.0 Å². The van der Waals surface area contributed by atoms with Crippen LogP contribution in [0.3, 0.4) is 0 Å². The molecule has 138 valence electrons. The van der Waals surface area contributed by atoms with Crippen LogP contribution in [0.4, 0.5) is 4.39 Å². The molecule has 0 fully saturated rings. The van der Waals surface area contributed by atoms with Crippen molar-refractivity contribution >= 4 is 25.3 Å². The molecule has 0 saturated carbocycles. The second kappa shape index (κ2) is 7.45. The van der Waals surface area contributed by atoms with E-state index in [2.05, 4.69) is 11.9 Å². The van der Waals surface area contributed by atoms with E-state index in [0.29, 0.717) is 29.3 Å². The molecular weight excluding hydrogens is 369 g/mol. The van der Waals surface area contributed by atoms with E-state index >= 15 is 0 Å². The van der Waals surface area contributed by atoms with E-state index in [1.54, 1.807) is 22.5 Å². The number of aromatic nitrogens is 2. The Morgan fingerprint density at radius 1 is 1.38 bits per heavy atom. The molecule has 1 atom stereocenters. The van der Waals surface area contributed by atoms with Crippen molar-refractivity contribution in [2.24, 2.45) is 5.92 Å². The van der Waals surface area contributed by atoms with Crippen LogP contribution in [-0.2, 0) is 12.0 Å². The molecule has 0 bridgehead atoms. The Hall–Kier alpha value is -1.78. The van der Waals surface area contributed by atoms with Crippen molar-refractivity contribution in [1.82, 2.24) is 9.55 Å². The van der Waals surface area contributed by atoms with Gasteiger partial charge in [0.05, 0.1) is 10.7 Å². The second-order valence-electron chi connectivity index (χ2n) is 7.52. The van der Waals surface area contributed by atoms with Gasteiger partial charge in [0.1, 0.15) is 17.4 Å². The van der Waals surface area contributed by atoms with Gasteiger partial charge in [0.15, 0.2) is 0 Å². The van der Waals surface area contributed by atoms with E-state index in [1.165, 1.54) is 6.07 Å². The van der Waals surface area contributed by atoms with Gasteiger partial charge in [-0.1, -0.05) is 27.7 Å². The van der Waals surface area contributed by atoms with E-state index in [4.69, 9.17) is 0 Å². The van der Waals surface area contributed by atoms with E-state index in [-0.39, 0.29) is 24.6 Å². The highest BCUT2D eigenvalue weighted by atomic mass is 32.2. The summed E-state index contributed by atoms with van der Waals surface area (Å²) in [6, 6.07) is 5.18. The lowest BCUT2D eigenvalue weighted by Crippen LogP contribution is -2.30. The fourth-order valence-corrected chi connectivity index (χ4v) is 4.06. The van der Waals surface area contributed by atoms with Crippen molar-refractivity contribution in [1.29, 1.82) is 5.26 Å². The van der Waals surface area contributed by atoms with Crippen LogP contribution in [0.1, 0.15) is 39.0 Å². The highest BCUT2D eigenvalue weighted by Gasteiger charge is 2.24. The lowest BCUT2D eigenvalue weighted by molar-refractivity contribution is 0.474. The van der Waals surface area contributed by atoms with Crippen LogP contribution in [0.25, 0.3) is 11.1 Å². The first-order valence-electron chi connectivity index (χ1n) is 8.19. The Kier molecular flexibility index (Phi) is 5.89. The normalized spacial score (nSPS) is 16.4. The molecule has 0 aromatic carbocycles. The molecule has 0 saturated heterocycles. The summed E-state index contributed by atoms with van der Waals surface area (Å²) in [7, 11) is 0. The average molecular weight is 392 g/mol. The number of nitriles is 1. The zero-order chi connectivity index (χ0) is 18.4. The van der Waals surface area contributed by atoms with Crippen molar-refractivity contribution in [3.8, 4) is 17.2 Å². The monoisotopic (exact) mass is 391 g/mol. The van der Waals surface area contributed by atoms with Crippen LogP contribution in [0.15, 0.2) is 28.2 Å². The maximum atomic E-state index is 14.5. The van der Waals surface area contributed by atoms with Gasteiger partial charge in [-0.15, -0.1) is 11.8 Å². The molecule has 0 aliphatic carbocycles. The average Bonchev–Trinajstić information content (AvgIpc) is 2.54. The largest absolute Gasteiger partial charge is 0.302 e. The Morgan fingerprint density at radius 2 is 2.08 bits per heavy atom. The minimum Gasteiger partial charge on any atom is -0.302 e. The Morgan fingerprint density at radius 3 is 2.65 bits per heavy atom. The van der Waals surface area contributed by atoms with Crippen LogP contribution in [0, 0.1) is 23.1 Å². The molecule has 0 spiro atoms. The molecule has 2 aromatic rings. The third-order valence-electron chi connectivity index (χ3n) is 4.25. The molecule has 26 heavy (non-hydrogen) atoms. The summed E-state index contributed by atoms with van der Waals surface area (Å²) in [6.07, 6.45) is 1.55. The molecule has 4 nitrogen and oxygen atoms in total. The molecule has 0 amide bonds. The minimum atomic E-state index is -0.423. The van der Waals surface area contributed by atoms with E-state index in [0.717, 1.165) is 10.8 Å². The Balaban J connectivity index is 0.00000243. The third kappa shape index (κ3) is 3.67. The lowest BCUT2D eigenvalue weighted by atomic mass is 9.90. The SMILES string of the molecule is C[C@@H]1CSc2cc(-c3cnc(C(C)(C)C)c(F)c3)c(C#N)c(=O)n2C1.S. The molecule has 1 aliphatic rings. The maximum absolute atomic E-state index is 14.5. The fraction of sp³-hybridized carbons (Fsp3) is 0.421. The van der Waals surface area contributed by atoms with Crippen LogP contribution >= 0.6 is 25.3 Å². The van der Waals surface area contributed by atoms with Gasteiger partial charge < -0.3 is 4.57 Å². The summed E-state index contributed by atoms with van der Waals surface area (Å²) >= 11 is 1.59. The summed E-state index contributed by atoms with van der Waals surface area (Å²) in [4.78, 5) is 17.0. The van der Waals surface area contributed by atoms with Crippen molar-refractivity contribution in [3.05, 3.63) is 45.8 Å². The van der Waals surface area contributed by atoms with Gasteiger partial charge in [-0.25, -0.2) is 4.39 Å². The summed E-state index contributed by atoms with van der Waals surface area (Å²) < 4.78 is 16.2. The quantitative estimate of drug-likeness (QED) is 0.735. The molecule has 1 aliphatic heterocycles. The molecular formula is C19H22FN3OS2. The van der Waals surface area contributed by atoms with Gasteiger partial charge >= 0.3 is 0 Å². The molecule has 3 heterocycles. The highest BCUT2D eigenvalue weighted by molar-refractivity contribution is 7.99.